The summed E-state index contributed by atoms with van der Waals surface area (Å²) in [6, 6.07) is 9.37. The minimum atomic E-state index is 0.567. The zero-order chi connectivity index (χ0) is 19.8. The van der Waals surface area contributed by atoms with E-state index >= 15 is 0 Å². The largest absolute Gasteiger partial charge is 0.495 e. The van der Waals surface area contributed by atoms with Crippen LogP contribution in [0.2, 0.25) is 5.02 Å². The molecular weight excluding hydrogens is 398 g/mol. The van der Waals surface area contributed by atoms with Gasteiger partial charge in [0.25, 0.3) is 0 Å². The summed E-state index contributed by atoms with van der Waals surface area (Å²) < 4.78 is 16.2. The van der Waals surface area contributed by atoms with Gasteiger partial charge in [-0.25, -0.2) is 0 Å². The summed E-state index contributed by atoms with van der Waals surface area (Å²) in [4.78, 5) is 4.55. The molecule has 6 nitrogen and oxygen atoms in total. The molecule has 2 aromatic rings. The first-order chi connectivity index (χ1) is 13.7. The number of ether oxygens (including phenoxy) is 2. The Labute approximate surface area is 176 Å². The minimum absolute atomic E-state index is 0.567. The first kappa shape index (κ1) is 20.9. The highest BCUT2D eigenvalue weighted by Gasteiger charge is 2.15. The van der Waals surface area contributed by atoms with Gasteiger partial charge < -0.3 is 24.1 Å². The highest BCUT2D eigenvalue weighted by atomic mass is 35.5. The number of nitrogens with one attached hydrogen (secondary N) is 1. The number of halogens is 1. The lowest BCUT2D eigenvalue weighted by molar-refractivity contribution is 0.0367. The molecule has 152 valence electrons. The van der Waals surface area contributed by atoms with Crippen LogP contribution in [0.5, 0.6) is 5.75 Å². The lowest BCUT2D eigenvalue weighted by atomic mass is 10.3. The summed E-state index contributed by atoms with van der Waals surface area (Å²) in [5.41, 5.74) is 0.837. The summed E-state index contributed by atoms with van der Waals surface area (Å²) in [6.07, 6.45) is 2.69. The summed E-state index contributed by atoms with van der Waals surface area (Å²) in [6.45, 7) is 6.08. The second-order valence-corrected chi connectivity index (χ2v) is 7.38. The third-order valence-corrected chi connectivity index (χ3v) is 5.29. The van der Waals surface area contributed by atoms with E-state index in [1.165, 1.54) is 0 Å². The van der Waals surface area contributed by atoms with Crippen LogP contribution in [-0.2, 0) is 11.3 Å². The topological polar surface area (TPSA) is 50.1 Å². The summed E-state index contributed by atoms with van der Waals surface area (Å²) in [5, 5.41) is 4.50. The van der Waals surface area contributed by atoms with E-state index in [4.69, 9.17) is 37.7 Å². The smallest absolute Gasteiger partial charge is 0.173 e. The summed E-state index contributed by atoms with van der Waals surface area (Å²) >= 11 is 11.8. The van der Waals surface area contributed by atoms with Gasteiger partial charge in [0, 0.05) is 37.9 Å². The third kappa shape index (κ3) is 6.10. The maximum absolute atomic E-state index is 6.11. The van der Waals surface area contributed by atoms with Gasteiger partial charge >= 0.3 is 0 Å². The molecule has 1 aromatic heterocycles. The van der Waals surface area contributed by atoms with Crippen LogP contribution in [0.25, 0.3) is 0 Å². The van der Waals surface area contributed by atoms with E-state index in [2.05, 4.69) is 15.1 Å². The number of hydrogen-bond donors (Lipinski definition) is 1. The molecule has 28 heavy (non-hydrogen) atoms. The quantitative estimate of drug-likeness (QED) is 0.647. The van der Waals surface area contributed by atoms with Crippen molar-refractivity contribution in [3.63, 3.8) is 0 Å². The summed E-state index contributed by atoms with van der Waals surface area (Å²) in [7, 11) is 1.60. The molecule has 1 aromatic carbocycles. The van der Waals surface area contributed by atoms with Crippen molar-refractivity contribution in [1.29, 1.82) is 0 Å². The number of benzene rings is 1. The molecule has 0 atom stereocenters. The molecular formula is C20H26ClN3O3S. The van der Waals surface area contributed by atoms with E-state index in [0.717, 1.165) is 57.3 Å². The van der Waals surface area contributed by atoms with Crippen LogP contribution in [0, 0.1) is 0 Å². The Bertz CT molecular complexity index is 751. The van der Waals surface area contributed by atoms with E-state index < -0.39 is 0 Å². The van der Waals surface area contributed by atoms with Gasteiger partial charge in [-0.2, -0.15) is 0 Å². The first-order valence-corrected chi connectivity index (χ1v) is 10.2. The van der Waals surface area contributed by atoms with E-state index in [1.807, 2.05) is 24.3 Å². The van der Waals surface area contributed by atoms with Crippen LogP contribution in [0.15, 0.2) is 41.0 Å². The number of rotatable bonds is 8. The minimum Gasteiger partial charge on any atom is -0.495 e. The molecule has 8 heteroatoms. The molecule has 0 amide bonds. The maximum Gasteiger partial charge on any atom is 0.173 e. The van der Waals surface area contributed by atoms with E-state index in [1.54, 1.807) is 19.4 Å². The van der Waals surface area contributed by atoms with Gasteiger partial charge in [-0.15, -0.1) is 0 Å². The molecule has 1 aliphatic heterocycles. The summed E-state index contributed by atoms with van der Waals surface area (Å²) in [5.74, 6) is 1.49. The van der Waals surface area contributed by atoms with Gasteiger partial charge in [0.2, 0.25) is 0 Å². The highest BCUT2D eigenvalue weighted by molar-refractivity contribution is 7.80. The fourth-order valence-electron chi connectivity index (χ4n) is 3.09. The maximum atomic E-state index is 6.11. The Hall–Kier alpha value is -1.80. The first-order valence-electron chi connectivity index (χ1n) is 9.37. The molecule has 3 rings (SSSR count). The van der Waals surface area contributed by atoms with Crippen LogP contribution in [-0.4, -0.2) is 61.4 Å². The van der Waals surface area contributed by atoms with Crippen LogP contribution in [0.1, 0.15) is 12.2 Å². The fourth-order valence-corrected chi connectivity index (χ4v) is 3.56. The van der Waals surface area contributed by atoms with Crippen molar-refractivity contribution in [1.82, 2.24) is 9.80 Å². The van der Waals surface area contributed by atoms with Crippen LogP contribution in [0.4, 0.5) is 5.69 Å². The van der Waals surface area contributed by atoms with E-state index in [-0.39, 0.29) is 0 Å². The standard InChI is InChI=1S/C20H26ClN3O3S/c1-25-19-14-16(5-6-18(19)21)22-20(28)24(15-17-4-2-11-27-17)8-3-7-23-9-12-26-13-10-23/h2,4-6,11,14H,3,7-10,12-13,15H2,1H3,(H,22,28). The molecule has 0 bridgehead atoms. The van der Waals surface area contributed by atoms with Crippen LogP contribution >= 0.6 is 23.8 Å². The average Bonchev–Trinajstić information content (AvgIpc) is 3.22. The average molecular weight is 424 g/mol. The number of morpholine rings is 1. The Morgan fingerprint density at radius 3 is 2.86 bits per heavy atom. The number of nitrogens with zero attached hydrogens (tertiary/aromatic N) is 2. The van der Waals surface area contributed by atoms with Gasteiger partial charge in [-0.3, -0.25) is 4.90 Å². The van der Waals surface area contributed by atoms with Crippen molar-refractivity contribution in [2.24, 2.45) is 0 Å². The molecule has 1 aliphatic rings. The highest BCUT2D eigenvalue weighted by Crippen LogP contribution is 2.27. The number of hydrogen-bond acceptors (Lipinski definition) is 5. The Morgan fingerprint density at radius 2 is 2.14 bits per heavy atom. The SMILES string of the molecule is COc1cc(NC(=S)N(CCCN2CCOCC2)Cc2ccco2)ccc1Cl. The Kier molecular flexibility index (Phi) is 7.97. The van der Waals surface area contributed by atoms with Crippen molar-refractivity contribution in [2.45, 2.75) is 13.0 Å². The molecule has 1 fully saturated rings. The molecule has 0 aliphatic carbocycles. The van der Waals surface area contributed by atoms with Crippen LogP contribution < -0.4 is 10.1 Å². The van der Waals surface area contributed by atoms with Crippen molar-refractivity contribution < 1.29 is 13.9 Å². The molecule has 0 spiro atoms. The molecule has 0 saturated carbocycles. The van der Waals surface area contributed by atoms with Crippen LogP contribution in [0.3, 0.4) is 0 Å². The van der Waals surface area contributed by atoms with Crippen molar-refractivity contribution in [3.05, 3.63) is 47.4 Å². The van der Waals surface area contributed by atoms with E-state index in [9.17, 15) is 0 Å². The normalized spacial score (nSPS) is 14.6. The van der Waals surface area contributed by atoms with Crippen molar-refractivity contribution >= 4 is 34.6 Å². The zero-order valence-corrected chi connectivity index (χ0v) is 17.6. The van der Waals surface area contributed by atoms with Gasteiger partial charge in [0.05, 0.1) is 38.2 Å². The number of methoxy groups -OCH3 is 1. The monoisotopic (exact) mass is 423 g/mol. The Morgan fingerprint density at radius 1 is 1.32 bits per heavy atom. The number of anilines is 1. The fraction of sp³-hybridized carbons (Fsp3) is 0.450. The molecule has 0 unspecified atom stereocenters. The number of thiocarbonyl (C=S) groups is 1. The lowest BCUT2D eigenvalue weighted by Crippen LogP contribution is -2.39. The molecule has 2 heterocycles. The van der Waals surface area contributed by atoms with Gasteiger partial charge in [-0.1, -0.05) is 11.6 Å². The van der Waals surface area contributed by atoms with Gasteiger partial charge in [0.15, 0.2) is 5.11 Å². The lowest BCUT2D eigenvalue weighted by Gasteiger charge is -2.29. The Balaban J connectivity index is 1.60. The second kappa shape index (κ2) is 10.7. The molecule has 1 saturated heterocycles. The predicted octanol–water partition coefficient (Wildman–Crippen LogP) is 3.86. The van der Waals surface area contributed by atoms with Gasteiger partial charge in [-0.05, 0) is 42.9 Å². The second-order valence-electron chi connectivity index (χ2n) is 6.59. The third-order valence-electron chi connectivity index (χ3n) is 4.62. The number of furan rings is 1. The molecule has 1 N–H and O–H groups in total. The molecule has 0 radical (unpaired) electrons. The predicted molar refractivity (Wildman–Crippen MR) is 115 cm³/mol. The van der Waals surface area contributed by atoms with Crippen molar-refractivity contribution in [2.75, 3.05) is 51.8 Å². The van der Waals surface area contributed by atoms with Crippen molar-refractivity contribution in [3.8, 4) is 5.75 Å². The zero-order valence-electron chi connectivity index (χ0n) is 16.0. The van der Waals surface area contributed by atoms with Gasteiger partial charge in [0.1, 0.15) is 11.5 Å². The van der Waals surface area contributed by atoms with E-state index in [0.29, 0.717) is 22.4 Å².